The van der Waals surface area contributed by atoms with Gasteiger partial charge in [0, 0.05) is 35.6 Å². The van der Waals surface area contributed by atoms with Crippen LogP contribution in [0.3, 0.4) is 0 Å². The van der Waals surface area contributed by atoms with Crippen molar-refractivity contribution in [3.8, 4) is 0 Å². The molecule has 1 aromatic carbocycles. The van der Waals surface area contributed by atoms with Crippen molar-refractivity contribution in [2.75, 3.05) is 19.7 Å². The SMILES string of the molecule is C=CCN(CCO)Cc1cc(=O)oc2cc(Br)ccc12. The summed E-state index contributed by atoms with van der Waals surface area (Å²) in [7, 11) is 0. The van der Waals surface area contributed by atoms with Crippen LogP contribution in [0, 0.1) is 0 Å². The highest BCUT2D eigenvalue weighted by molar-refractivity contribution is 9.10. The second kappa shape index (κ2) is 6.83. The highest BCUT2D eigenvalue weighted by Crippen LogP contribution is 2.22. The van der Waals surface area contributed by atoms with E-state index in [1.807, 2.05) is 17.0 Å². The van der Waals surface area contributed by atoms with E-state index in [4.69, 9.17) is 9.52 Å². The Morgan fingerprint density at radius 2 is 2.20 bits per heavy atom. The summed E-state index contributed by atoms with van der Waals surface area (Å²) in [4.78, 5) is 13.7. The molecule has 0 radical (unpaired) electrons. The third-order valence-corrected chi connectivity index (χ3v) is 3.48. The summed E-state index contributed by atoms with van der Waals surface area (Å²) in [6.07, 6.45) is 1.78. The van der Waals surface area contributed by atoms with E-state index in [1.54, 1.807) is 12.1 Å². The van der Waals surface area contributed by atoms with E-state index < -0.39 is 0 Å². The van der Waals surface area contributed by atoms with Gasteiger partial charge in [-0.3, -0.25) is 4.90 Å². The zero-order valence-corrected chi connectivity index (χ0v) is 12.6. The van der Waals surface area contributed by atoms with E-state index >= 15 is 0 Å². The second-order valence-electron chi connectivity index (χ2n) is 4.48. The summed E-state index contributed by atoms with van der Waals surface area (Å²) in [5.74, 6) is 0. The first kappa shape index (κ1) is 15.0. The normalized spacial score (nSPS) is 11.2. The van der Waals surface area contributed by atoms with Gasteiger partial charge in [-0.1, -0.05) is 22.0 Å². The predicted molar refractivity (Wildman–Crippen MR) is 82.7 cm³/mol. The zero-order chi connectivity index (χ0) is 14.5. The second-order valence-corrected chi connectivity index (χ2v) is 5.39. The minimum atomic E-state index is -0.367. The number of fused-ring (bicyclic) bond motifs is 1. The molecule has 2 aromatic rings. The number of aliphatic hydroxyl groups excluding tert-OH is 1. The van der Waals surface area contributed by atoms with Gasteiger partial charge in [0.15, 0.2) is 0 Å². The Morgan fingerprint density at radius 3 is 2.90 bits per heavy atom. The maximum atomic E-state index is 11.6. The lowest BCUT2D eigenvalue weighted by Gasteiger charge is -2.20. The van der Waals surface area contributed by atoms with Crippen molar-refractivity contribution in [3.63, 3.8) is 0 Å². The molecule has 0 spiro atoms. The molecular weight excluding hydrogens is 322 g/mol. The summed E-state index contributed by atoms with van der Waals surface area (Å²) >= 11 is 3.36. The van der Waals surface area contributed by atoms with Crippen LogP contribution in [0.25, 0.3) is 11.0 Å². The number of benzene rings is 1. The lowest BCUT2D eigenvalue weighted by Crippen LogP contribution is -2.27. The van der Waals surface area contributed by atoms with Gasteiger partial charge >= 0.3 is 5.63 Å². The van der Waals surface area contributed by atoms with E-state index in [-0.39, 0.29) is 12.2 Å². The van der Waals surface area contributed by atoms with Gasteiger partial charge in [0.25, 0.3) is 0 Å². The van der Waals surface area contributed by atoms with Gasteiger partial charge in [-0.05, 0) is 23.8 Å². The highest BCUT2D eigenvalue weighted by Gasteiger charge is 2.10. The molecule has 0 atom stereocenters. The maximum Gasteiger partial charge on any atom is 0.336 e. The first-order valence-electron chi connectivity index (χ1n) is 6.30. The van der Waals surface area contributed by atoms with Crippen molar-refractivity contribution in [3.05, 3.63) is 57.4 Å². The Kier molecular flexibility index (Phi) is 5.11. The van der Waals surface area contributed by atoms with Crippen LogP contribution in [0.4, 0.5) is 0 Å². The summed E-state index contributed by atoms with van der Waals surface area (Å²) < 4.78 is 6.08. The Morgan fingerprint density at radius 1 is 1.40 bits per heavy atom. The lowest BCUT2D eigenvalue weighted by molar-refractivity contribution is 0.203. The molecule has 4 nitrogen and oxygen atoms in total. The maximum absolute atomic E-state index is 11.6. The molecule has 106 valence electrons. The molecule has 20 heavy (non-hydrogen) atoms. The number of nitrogens with zero attached hydrogens (tertiary/aromatic N) is 1. The van der Waals surface area contributed by atoms with Crippen molar-refractivity contribution >= 4 is 26.9 Å². The largest absolute Gasteiger partial charge is 0.423 e. The molecule has 0 aliphatic rings. The van der Waals surface area contributed by atoms with Crippen LogP contribution in [-0.2, 0) is 6.54 Å². The third kappa shape index (κ3) is 3.56. The van der Waals surface area contributed by atoms with Crippen LogP contribution in [0.1, 0.15) is 5.56 Å². The van der Waals surface area contributed by atoms with E-state index in [1.165, 1.54) is 6.07 Å². The molecule has 0 aliphatic carbocycles. The van der Waals surface area contributed by atoms with Crippen LogP contribution >= 0.6 is 15.9 Å². The molecule has 0 saturated carbocycles. The fourth-order valence-electron chi connectivity index (χ4n) is 2.13. The Hall–Kier alpha value is -1.43. The van der Waals surface area contributed by atoms with E-state index in [0.717, 1.165) is 15.4 Å². The van der Waals surface area contributed by atoms with Gasteiger partial charge in [0.05, 0.1) is 6.61 Å². The quantitative estimate of drug-likeness (QED) is 0.650. The number of hydrogen-bond donors (Lipinski definition) is 1. The van der Waals surface area contributed by atoms with Crippen molar-refractivity contribution in [1.82, 2.24) is 4.90 Å². The molecular formula is C15H16BrNO3. The number of rotatable bonds is 6. The van der Waals surface area contributed by atoms with Crippen LogP contribution in [-0.4, -0.2) is 29.7 Å². The van der Waals surface area contributed by atoms with E-state index in [0.29, 0.717) is 25.2 Å². The molecule has 1 heterocycles. The minimum absolute atomic E-state index is 0.0682. The number of hydrogen-bond acceptors (Lipinski definition) is 4. The summed E-state index contributed by atoms with van der Waals surface area (Å²) in [6.45, 7) is 5.52. The number of halogens is 1. The van der Waals surface area contributed by atoms with Crippen molar-refractivity contribution in [2.45, 2.75) is 6.54 Å². The first-order valence-corrected chi connectivity index (χ1v) is 7.09. The van der Waals surface area contributed by atoms with Crippen molar-refractivity contribution in [1.29, 1.82) is 0 Å². The molecule has 1 N–H and O–H groups in total. The van der Waals surface area contributed by atoms with Crippen molar-refractivity contribution < 1.29 is 9.52 Å². The van der Waals surface area contributed by atoms with Crippen LogP contribution in [0.2, 0.25) is 0 Å². The average molecular weight is 338 g/mol. The number of aliphatic hydroxyl groups is 1. The Bertz CT molecular complexity index is 666. The molecule has 0 bridgehead atoms. The first-order chi connectivity index (χ1) is 9.63. The van der Waals surface area contributed by atoms with Crippen LogP contribution in [0.5, 0.6) is 0 Å². The van der Waals surface area contributed by atoms with Crippen LogP contribution < -0.4 is 5.63 Å². The van der Waals surface area contributed by atoms with Gasteiger partial charge in [-0.2, -0.15) is 0 Å². The topological polar surface area (TPSA) is 53.7 Å². The fraction of sp³-hybridized carbons (Fsp3) is 0.267. The molecule has 2 rings (SSSR count). The zero-order valence-electron chi connectivity index (χ0n) is 11.0. The monoisotopic (exact) mass is 337 g/mol. The molecule has 0 fully saturated rings. The Balaban J connectivity index is 2.42. The van der Waals surface area contributed by atoms with Gasteiger partial charge < -0.3 is 9.52 Å². The smallest absolute Gasteiger partial charge is 0.336 e. The van der Waals surface area contributed by atoms with Crippen molar-refractivity contribution in [2.24, 2.45) is 0 Å². The molecule has 0 aliphatic heterocycles. The summed E-state index contributed by atoms with van der Waals surface area (Å²) in [6, 6.07) is 7.12. The Labute approximate surface area is 125 Å². The average Bonchev–Trinajstić information content (AvgIpc) is 2.38. The van der Waals surface area contributed by atoms with Crippen LogP contribution in [0.15, 0.2) is 50.6 Å². The molecule has 1 aromatic heterocycles. The van der Waals surface area contributed by atoms with Gasteiger partial charge in [0.2, 0.25) is 0 Å². The van der Waals surface area contributed by atoms with Gasteiger partial charge in [-0.15, -0.1) is 6.58 Å². The van der Waals surface area contributed by atoms with E-state index in [2.05, 4.69) is 22.5 Å². The molecule has 0 unspecified atom stereocenters. The minimum Gasteiger partial charge on any atom is -0.423 e. The lowest BCUT2D eigenvalue weighted by atomic mass is 10.1. The summed E-state index contributed by atoms with van der Waals surface area (Å²) in [5, 5.41) is 9.99. The molecule has 0 saturated heterocycles. The van der Waals surface area contributed by atoms with E-state index in [9.17, 15) is 4.79 Å². The summed E-state index contributed by atoms with van der Waals surface area (Å²) in [5.41, 5.74) is 1.08. The predicted octanol–water partition coefficient (Wildman–Crippen LogP) is 2.54. The molecule has 0 amide bonds. The highest BCUT2D eigenvalue weighted by atomic mass is 79.9. The third-order valence-electron chi connectivity index (χ3n) is 2.99. The fourth-order valence-corrected chi connectivity index (χ4v) is 2.47. The van der Waals surface area contributed by atoms with Gasteiger partial charge in [0.1, 0.15) is 5.58 Å². The van der Waals surface area contributed by atoms with Gasteiger partial charge in [-0.25, -0.2) is 4.79 Å². The molecule has 5 heteroatoms. The standard InChI is InChI=1S/C15H16BrNO3/c1-2-5-17(6-7-18)10-11-8-15(19)20-14-9-12(16)3-4-13(11)14/h2-4,8-9,18H,1,5-7,10H2.